The molecule has 2 rings (SSSR count). The van der Waals surface area contributed by atoms with Crippen LogP contribution < -0.4 is 0 Å². The summed E-state index contributed by atoms with van der Waals surface area (Å²) in [4.78, 5) is 0. The molecule has 0 radical (unpaired) electrons. The first kappa shape index (κ1) is 19.3. The van der Waals surface area contributed by atoms with Crippen molar-refractivity contribution < 1.29 is 39.4 Å². The number of hydrogen-bond acceptors (Lipinski definition) is 9. The maximum Gasteiger partial charge on any atom is 0.264 e. The molecule has 0 bridgehead atoms. The molecular weight excluding hydrogens is 376 g/mol. The van der Waals surface area contributed by atoms with Crippen LogP contribution in [0.5, 0.6) is 0 Å². The molecule has 2 aliphatic heterocycles. The van der Waals surface area contributed by atoms with Crippen LogP contribution in [0, 0.1) is 0 Å². The fourth-order valence-electron chi connectivity index (χ4n) is 2.51. The van der Waals surface area contributed by atoms with Crippen molar-refractivity contribution in [1.29, 1.82) is 0 Å². The number of halogens is 1. The lowest BCUT2D eigenvalue weighted by atomic mass is 10.1. The van der Waals surface area contributed by atoms with Gasteiger partial charge in [-0.15, -0.1) is 11.6 Å². The number of ether oxygens (including phenoxy) is 3. The Labute approximate surface area is 140 Å². The number of rotatable bonds is 6. The highest BCUT2D eigenvalue weighted by Gasteiger charge is 2.58. The van der Waals surface area contributed by atoms with Crippen molar-refractivity contribution in [2.45, 2.75) is 50.3 Å². The zero-order valence-corrected chi connectivity index (χ0v) is 15.4. The van der Waals surface area contributed by atoms with Crippen molar-refractivity contribution in [3.8, 4) is 0 Å². The van der Waals surface area contributed by atoms with E-state index in [1.807, 2.05) is 0 Å². The predicted molar refractivity (Wildman–Crippen MR) is 78.9 cm³/mol. The van der Waals surface area contributed by atoms with E-state index >= 15 is 0 Å². The lowest BCUT2D eigenvalue weighted by Gasteiger charge is -2.28. The second-order valence-electron chi connectivity index (χ2n) is 5.83. The molecular formula is C11H19ClO9S2. The quantitative estimate of drug-likeness (QED) is 0.445. The minimum atomic E-state index is -3.87. The largest absolute Gasteiger partial charge is 0.341 e. The average molecular weight is 395 g/mol. The van der Waals surface area contributed by atoms with Crippen LogP contribution in [0.25, 0.3) is 0 Å². The van der Waals surface area contributed by atoms with Crippen molar-refractivity contribution in [1.82, 2.24) is 0 Å². The summed E-state index contributed by atoms with van der Waals surface area (Å²) in [5.41, 5.74) is 0. The van der Waals surface area contributed by atoms with Gasteiger partial charge in [0.2, 0.25) is 0 Å². The fraction of sp³-hybridized carbons (Fsp3) is 1.00. The van der Waals surface area contributed by atoms with Crippen LogP contribution in [0.3, 0.4) is 0 Å². The molecule has 2 saturated heterocycles. The van der Waals surface area contributed by atoms with Gasteiger partial charge in [-0.2, -0.15) is 16.8 Å². The third-order valence-corrected chi connectivity index (χ3v) is 4.60. The Hall–Kier alpha value is -0.0100. The summed E-state index contributed by atoms with van der Waals surface area (Å²) in [5, 5.41) is 0. The zero-order valence-electron chi connectivity index (χ0n) is 13.0. The van der Waals surface area contributed by atoms with E-state index in [0.29, 0.717) is 0 Å². The van der Waals surface area contributed by atoms with Crippen molar-refractivity contribution in [2.75, 3.05) is 18.4 Å². The number of hydrogen-bond donors (Lipinski definition) is 0. The Balaban J connectivity index is 2.27. The highest BCUT2D eigenvalue weighted by molar-refractivity contribution is 7.86. The minimum Gasteiger partial charge on any atom is -0.341 e. The van der Waals surface area contributed by atoms with Crippen LogP contribution in [-0.4, -0.2) is 71.7 Å². The molecule has 2 aliphatic rings. The summed E-state index contributed by atoms with van der Waals surface area (Å²) < 4.78 is 72.3. The Morgan fingerprint density at radius 2 is 1.74 bits per heavy atom. The summed E-state index contributed by atoms with van der Waals surface area (Å²) >= 11 is 5.75. The Bertz CT molecular complexity index is 644. The summed E-state index contributed by atoms with van der Waals surface area (Å²) in [6.45, 7) is 3.26. The third-order valence-electron chi connectivity index (χ3n) is 3.13. The minimum absolute atomic E-state index is 0.260. The van der Waals surface area contributed by atoms with Gasteiger partial charge in [-0.1, -0.05) is 0 Å². The van der Waals surface area contributed by atoms with Crippen LogP contribution in [0.15, 0.2) is 0 Å². The zero-order chi connectivity index (χ0) is 17.6. The monoisotopic (exact) mass is 394 g/mol. The van der Waals surface area contributed by atoms with E-state index in [9.17, 15) is 16.8 Å². The van der Waals surface area contributed by atoms with Crippen LogP contribution in [0.1, 0.15) is 13.8 Å². The Kier molecular flexibility index (Phi) is 5.35. The van der Waals surface area contributed by atoms with Gasteiger partial charge in [0.15, 0.2) is 12.1 Å². The molecule has 12 heteroatoms. The summed E-state index contributed by atoms with van der Waals surface area (Å²) in [7, 11) is -7.70. The van der Waals surface area contributed by atoms with Crippen molar-refractivity contribution in [3.63, 3.8) is 0 Å². The topological polar surface area (TPSA) is 114 Å². The van der Waals surface area contributed by atoms with Gasteiger partial charge in [0.05, 0.1) is 18.4 Å². The first-order valence-electron chi connectivity index (χ1n) is 6.65. The highest BCUT2D eigenvalue weighted by Crippen LogP contribution is 2.40. The average Bonchev–Trinajstić information content (AvgIpc) is 2.77. The molecule has 0 aromatic rings. The molecule has 0 aliphatic carbocycles. The second kappa shape index (κ2) is 6.37. The van der Waals surface area contributed by atoms with Crippen LogP contribution in [0.4, 0.5) is 0 Å². The van der Waals surface area contributed by atoms with Gasteiger partial charge in [0.1, 0.15) is 24.4 Å². The smallest absolute Gasteiger partial charge is 0.264 e. The molecule has 23 heavy (non-hydrogen) atoms. The van der Waals surface area contributed by atoms with Crippen molar-refractivity contribution in [2.24, 2.45) is 0 Å². The summed E-state index contributed by atoms with van der Waals surface area (Å²) in [5.74, 6) is -1.25. The van der Waals surface area contributed by atoms with E-state index in [0.717, 1.165) is 12.5 Å². The highest BCUT2D eigenvalue weighted by atomic mass is 35.5. The van der Waals surface area contributed by atoms with Gasteiger partial charge in [-0.05, 0) is 13.8 Å². The molecule has 5 atom stereocenters. The molecule has 0 saturated carbocycles. The van der Waals surface area contributed by atoms with Gasteiger partial charge in [-0.25, -0.2) is 0 Å². The molecule has 0 spiro atoms. The van der Waals surface area contributed by atoms with Crippen LogP contribution in [0.2, 0.25) is 0 Å². The van der Waals surface area contributed by atoms with E-state index in [1.165, 1.54) is 0 Å². The Morgan fingerprint density at radius 1 is 1.13 bits per heavy atom. The van der Waals surface area contributed by atoms with Gasteiger partial charge < -0.3 is 14.2 Å². The first-order chi connectivity index (χ1) is 10.3. The molecule has 2 fully saturated rings. The molecule has 0 aromatic carbocycles. The normalized spacial score (nSPS) is 35.2. The number of fused-ring (bicyclic) bond motifs is 1. The van der Waals surface area contributed by atoms with Gasteiger partial charge in [-0.3, -0.25) is 8.37 Å². The lowest BCUT2D eigenvalue weighted by Crippen LogP contribution is -2.45. The fourth-order valence-corrected chi connectivity index (χ4v) is 4.07. The molecule has 0 N–H and O–H groups in total. The van der Waals surface area contributed by atoms with Gasteiger partial charge >= 0.3 is 0 Å². The third kappa shape index (κ3) is 4.98. The summed E-state index contributed by atoms with van der Waals surface area (Å²) in [6.07, 6.45) is -3.46. The standard InChI is InChI=1S/C11H19ClO9S2/c1-11(2)18-9-8(21-23(4,15)16)7(17-10(9)19-11)6(5-12)20-22(3,13)14/h6-10H,5H2,1-4H3/t6-,7-,8+,9-,10-/m1/s1. The van der Waals surface area contributed by atoms with E-state index in [-0.39, 0.29) is 5.88 Å². The predicted octanol–water partition coefficient (Wildman–Crippen LogP) is -0.209. The maximum absolute atomic E-state index is 11.5. The molecule has 9 nitrogen and oxygen atoms in total. The van der Waals surface area contributed by atoms with Crippen molar-refractivity contribution >= 4 is 31.8 Å². The summed E-state index contributed by atoms with van der Waals surface area (Å²) in [6, 6.07) is 0. The number of alkyl halides is 1. The molecule has 0 unspecified atom stereocenters. The van der Waals surface area contributed by atoms with E-state index in [4.69, 9.17) is 34.2 Å². The van der Waals surface area contributed by atoms with Gasteiger partial charge in [0, 0.05) is 0 Å². The molecule has 2 heterocycles. The second-order valence-corrected chi connectivity index (χ2v) is 9.34. The van der Waals surface area contributed by atoms with Gasteiger partial charge in [0.25, 0.3) is 20.2 Å². The molecule has 136 valence electrons. The molecule has 0 aromatic heterocycles. The van der Waals surface area contributed by atoms with Crippen molar-refractivity contribution in [3.05, 3.63) is 0 Å². The van der Waals surface area contributed by atoms with E-state index < -0.39 is 56.7 Å². The Morgan fingerprint density at radius 3 is 2.22 bits per heavy atom. The van der Waals surface area contributed by atoms with Crippen LogP contribution in [-0.2, 0) is 42.8 Å². The first-order valence-corrected chi connectivity index (χ1v) is 10.8. The van der Waals surface area contributed by atoms with E-state index in [2.05, 4.69) is 0 Å². The maximum atomic E-state index is 11.5. The van der Waals surface area contributed by atoms with Crippen LogP contribution >= 0.6 is 11.6 Å². The lowest BCUT2D eigenvalue weighted by molar-refractivity contribution is -0.220. The van der Waals surface area contributed by atoms with E-state index in [1.54, 1.807) is 13.8 Å². The molecule has 0 amide bonds. The SMILES string of the molecule is CC1(C)O[C@H]2O[C@H]([C@@H](CCl)OS(C)(=O)=O)[C@H](OS(C)(=O)=O)[C@H]2O1.